The molecule has 10 heteroatoms. The highest BCUT2D eigenvalue weighted by Crippen LogP contribution is 2.35. The van der Waals surface area contributed by atoms with Crippen molar-refractivity contribution in [2.24, 2.45) is 0 Å². The van der Waals surface area contributed by atoms with Gasteiger partial charge in [-0.2, -0.15) is 0 Å². The van der Waals surface area contributed by atoms with Crippen molar-refractivity contribution in [3.63, 3.8) is 0 Å². The predicted octanol–water partition coefficient (Wildman–Crippen LogP) is 3.33. The smallest absolute Gasteiger partial charge is 0.264 e. The monoisotopic (exact) mass is 420 g/mol. The van der Waals surface area contributed by atoms with Crippen LogP contribution in [0.15, 0.2) is 35.2 Å². The topological polar surface area (TPSA) is 75.7 Å². The summed E-state index contributed by atoms with van der Waals surface area (Å²) in [6.07, 6.45) is 0. The molecule has 0 bridgehead atoms. The molecule has 6 nitrogen and oxygen atoms in total. The van der Waals surface area contributed by atoms with Crippen molar-refractivity contribution in [3.05, 3.63) is 44.6 Å². The zero-order valence-electron chi connectivity index (χ0n) is 12.9. The van der Waals surface area contributed by atoms with E-state index in [9.17, 15) is 13.2 Å². The summed E-state index contributed by atoms with van der Waals surface area (Å²) in [4.78, 5) is 14.2. The number of amides is 1. The summed E-state index contributed by atoms with van der Waals surface area (Å²) >= 11 is 12.7. The molecular formula is C15H14Cl2N2O4S2. The quantitative estimate of drug-likeness (QED) is 0.822. The van der Waals surface area contributed by atoms with Gasteiger partial charge in [0.1, 0.15) is 9.23 Å². The van der Waals surface area contributed by atoms with Crippen LogP contribution in [0.1, 0.15) is 10.4 Å². The van der Waals surface area contributed by atoms with Gasteiger partial charge in [-0.05, 0) is 18.2 Å². The molecular weight excluding hydrogens is 407 g/mol. The standard InChI is InChI=1S/C15H14Cl2N2O4S2/c16-13-9-12(14(17)24-13)25(21,22)18-11-4-2-1-3-10(11)15(20)19-5-7-23-8-6-19/h1-4,9,18H,5-8H2. The van der Waals surface area contributed by atoms with Crippen molar-refractivity contribution < 1.29 is 17.9 Å². The van der Waals surface area contributed by atoms with Gasteiger partial charge in [0.15, 0.2) is 0 Å². The number of sulfonamides is 1. The Morgan fingerprint density at radius 3 is 2.52 bits per heavy atom. The van der Waals surface area contributed by atoms with E-state index in [1.807, 2.05) is 0 Å². The molecule has 1 N–H and O–H groups in total. The minimum atomic E-state index is -3.96. The fourth-order valence-electron chi connectivity index (χ4n) is 2.40. The molecule has 0 radical (unpaired) electrons. The van der Waals surface area contributed by atoms with E-state index in [4.69, 9.17) is 27.9 Å². The molecule has 1 saturated heterocycles. The zero-order valence-corrected chi connectivity index (χ0v) is 16.0. The Hall–Kier alpha value is -1.32. The molecule has 1 amide bonds. The zero-order chi connectivity index (χ0) is 18.0. The molecule has 0 aliphatic carbocycles. The maximum absolute atomic E-state index is 12.7. The van der Waals surface area contributed by atoms with Gasteiger partial charge in [0.05, 0.1) is 28.8 Å². The normalized spacial score (nSPS) is 15.2. The molecule has 0 unspecified atom stereocenters. The third-order valence-electron chi connectivity index (χ3n) is 3.62. The van der Waals surface area contributed by atoms with Crippen LogP contribution in [-0.4, -0.2) is 45.5 Å². The fraction of sp³-hybridized carbons (Fsp3) is 0.267. The Bertz CT molecular complexity index is 893. The van der Waals surface area contributed by atoms with E-state index in [-0.39, 0.29) is 30.7 Å². The predicted molar refractivity (Wildman–Crippen MR) is 98.3 cm³/mol. The first-order chi connectivity index (χ1) is 11.9. The van der Waals surface area contributed by atoms with E-state index in [1.165, 1.54) is 12.1 Å². The van der Waals surface area contributed by atoms with Gasteiger partial charge in [-0.15, -0.1) is 11.3 Å². The lowest BCUT2D eigenvalue weighted by Gasteiger charge is -2.27. The van der Waals surface area contributed by atoms with Gasteiger partial charge in [0, 0.05) is 13.1 Å². The van der Waals surface area contributed by atoms with Crippen LogP contribution >= 0.6 is 34.5 Å². The third kappa shape index (κ3) is 4.09. The Morgan fingerprint density at radius 2 is 1.88 bits per heavy atom. The van der Waals surface area contributed by atoms with Crippen LogP contribution in [0.2, 0.25) is 8.67 Å². The molecule has 1 fully saturated rings. The summed E-state index contributed by atoms with van der Waals surface area (Å²) in [5.41, 5.74) is 0.461. The van der Waals surface area contributed by atoms with Gasteiger partial charge in [0.2, 0.25) is 0 Å². The molecule has 0 atom stereocenters. The van der Waals surface area contributed by atoms with Crippen molar-refractivity contribution in [1.82, 2.24) is 4.90 Å². The van der Waals surface area contributed by atoms with E-state index in [0.29, 0.717) is 26.3 Å². The van der Waals surface area contributed by atoms with E-state index in [2.05, 4.69) is 4.72 Å². The number of hydrogen-bond acceptors (Lipinski definition) is 5. The summed E-state index contributed by atoms with van der Waals surface area (Å²) in [6, 6.07) is 7.73. The number of benzene rings is 1. The number of halogens is 2. The van der Waals surface area contributed by atoms with Gasteiger partial charge in [0.25, 0.3) is 15.9 Å². The maximum Gasteiger partial charge on any atom is 0.264 e. The fourth-order valence-corrected chi connectivity index (χ4v) is 5.63. The highest BCUT2D eigenvalue weighted by molar-refractivity contribution is 7.93. The van der Waals surface area contributed by atoms with E-state index < -0.39 is 10.0 Å². The first-order valence-corrected chi connectivity index (χ1v) is 10.4. The molecule has 2 heterocycles. The number of anilines is 1. The number of carbonyl (C=O) groups excluding carboxylic acids is 1. The summed E-state index contributed by atoms with van der Waals surface area (Å²) in [5.74, 6) is -0.254. The minimum absolute atomic E-state index is 0.0643. The van der Waals surface area contributed by atoms with Crippen LogP contribution in [-0.2, 0) is 14.8 Å². The SMILES string of the molecule is O=C(c1ccccc1NS(=O)(=O)c1cc(Cl)sc1Cl)N1CCOCC1. The van der Waals surface area contributed by atoms with Crippen LogP contribution in [0.25, 0.3) is 0 Å². The van der Waals surface area contributed by atoms with Gasteiger partial charge >= 0.3 is 0 Å². The summed E-state index contributed by atoms with van der Waals surface area (Å²) in [6.45, 7) is 1.85. The molecule has 2 aromatic rings. The highest BCUT2D eigenvalue weighted by Gasteiger charge is 2.25. The lowest BCUT2D eigenvalue weighted by molar-refractivity contribution is 0.0303. The summed E-state index contributed by atoms with van der Waals surface area (Å²) in [7, 11) is -3.96. The first kappa shape index (κ1) is 18.5. The molecule has 3 rings (SSSR count). The average molecular weight is 421 g/mol. The average Bonchev–Trinajstić information content (AvgIpc) is 2.94. The molecule has 1 aromatic carbocycles. The van der Waals surface area contributed by atoms with E-state index >= 15 is 0 Å². The van der Waals surface area contributed by atoms with Crippen LogP contribution in [0.5, 0.6) is 0 Å². The second kappa shape index (κ2) is 7.51. The highest BCUT2D eigenvalue weighted by atomic mass is 35.5. The van der Waals surface area contributed by atoms with E-state index in [0.717, 1.165) is 11.3 Å². The van der Waals surface area contributed by atoms with Gasteiger partial charge < -0.3 is 9.64 Å². The molecule has 1 aliphatic rings. The first-order valence-electron chi connectivity index (χ1n) is 7.32. The van der Waals surface area contributed by atoms with E-state index in [1.54, 1.807) is 23.1 Å². The third-order valence-corrected chi connectivity index (χ3v) is 6.73. The number of morpholine rings is 1. The molecule has 0 saturated carbocycles. The van der Waals surface area contributed by atoms with Gasteiger partial charge in [-0.1, -0.05) is 35.3 Å². The Morgan fingerprint density at radius 1 is 1.20 bits per heavy atom. The van der Waals surface area contributed by atoms with Crippen LogP contribution < -0.4 is 4.72 Å². The minimum Gasteiger partial charge on any atom is -0.378 e. The lowest BCUT2D eigenvalue weighted by atomic mass is 10.1. The van der Waals surface area contributed by atoms with Gasteiger partial charge in [-0.25, -0.2) is 8.42 Å². The van der Waals surface area contributed by atoms with Gasteiger partial charge in [-0.3, -0.25) is 9.52 Å². The Kier molecular flexibility index (Phi) is 5.55. The Labute approximate surface area is 159 Å². The molecule has 25 heavy (non-hydrogen) atoms. The number of para-hydroxylation sites is 1. The number of nitrogens with one attached hydrogen (secondary N) is 1. The summed E-state index contributed by atoms with van der Waals surface area (Å²) in [5, 5.41) is 0. The molecule has 1 aliphatic heterocycles. The number of carbonyl (C=O) groups is 1. The number of thiophene rings is 1. The largest absolute Gasteiger partial charge is 0.378 e. The molecule has 134 valence electrons. The number of rotatable bonds is 4. The second-order valence-electron chi connectivity index (χ2n) is 5.24. The second-order valence-corrected chi connectivity index (χ2v) is 9.18. The van der Waals surface area contributed by atoms with Crippen molar-refractivity contribution >= 4 is 56.2 Å². The number of nitrogens with zero attached hydrogens (tertiary/aromatic N) is 1. The maximum atomic E-state index is 12.7. The number of ether oxygens (including phenoxy) is 1. The van der Waals surface area contributed by atoms with Crippen molar-refractivity contribution in [2.75, 3.05) is 31.0 Å². The number of hydrogen-bond donors (Lipinski definition) is 1. The van der Waals surface area contributed by atoms with Crippen LogP contribution in [0, 0.1) is 0 Å². The molecule has 1 aromatic heterocycles. The van der Waals surface area contributed by atoms with Crippen LogP contribution in [0.3, 0.4) is 0 Å². The van der Waals surface area contributed by atoms with Crippen LogP contribution in [0.4, 0.5) is 5.69 Å². The van der Waals surface area contributed by atoms with Crippen molar-refractivity contribution in [1.29, 1.82) is 0 Å². The van der Waals surface area contributed by atoms with Crippen molar-refractivity contribution in [3.8, 4) is 0 Å². The lowest BCUT2D eigenvalue weighted by Crippen LogP contribution is -2.41. The molecule has 0 spiro atoms. The summed E-state index contributed by atoms with van der Waals surface area (Å²) < 4.78 is 33.2. The van der Waals surface area contributed by atoms with Crippen molar-refractivity contribution in [2.45, 2.75) is 4.90 Å². The Balaban J connectivity index is 1.90.